The van der Waals surface area contributed by atoms with Crippen LogP contribution in [0.5, 0.6) is 0 Å². The summed E-state index contributed by atoms with van der Waals surface area (Å²) in [6.07, 6.45) is -0.478. The Labute approximate surface area is 108 Å². The third kappa shape index (κ3) is 4.12. The number of carbonyl (C=O) groups excluding carboxylic acids is 1. The number of nitrogens with one attached hydrogen (secondary N) is 1. The first kappa shape index (κ1) is 15.2. The summed E-state index contributed by atoms with van der Waals surface area (Å²) in [6.45, 7) is 7.43. The van der Waals surface area contributed by atoms with E-state index < -0.39 is 17.2 Å². The molecule has 0 bridgehead atoms. The number of aliphatic hydroxyl groups is 1. The minimum atomic E-state index is -0.560. The molecule has 6 heteroatoms. The molecule has 1 atom stereocenters. The van der Waals surface area contributed by atoms with Crippen molar-refractivity contribution in [2.45, 2.75) is 31.9 Å². The van der Waals surface area contributed by atoms with Gasteiger partial charge < -0.3 is 19.9 Å². The summed E-state index contributed by atoms with van der Waals surface area (Å²) in [7, 11) is 1.91. The SMILES string of the molecule is CN1CCOCC1(CO)CNC(=O)OC(C)(C)C. The van der Waals surface area contributed by atoms with Crippen molar-refractivity contribution in [3.63, 3.8) is 0 Å². The molecule has 1 saturated heterocycles. The van der Waals surface area contributed by atoms with Gasteiger partial charge in [-0.3, -0.25) is 4.90 Å². The molecule has 0 spiro atoms. The van der Waals surface area contributed by atoms with E-state index in [0.717, 1.165) is 6.54 Å². The van der Waals surface area contributed by atoms with Crippen LogP contribution in [0.1, 0.15) is 20.8 Å². The van der Waals surface area contributed by atoms with Crippen molar-refractivity contribution in [2.75, 3.05) is 40.0 Å². The van der Waals surface area contributed by atoms with Gasteiger partial charge in [0.1, 0.15) is 5.60 Å². The monoisotopic (exact) mass is 260 g/mol. The molecule has 0 aromatic heterocycles. The average Bonchev–Trinajstić information content (AvgIpc) is 2.26. The Hall–Kier alpha value is -0.850. The number of ether oxygens (including phenoxy) is 2. The minimum Gasteiger partial charge on any atom is -0.444 e. The summed E-state index contributed by atoms with van der Waals surface area (Å²) in [5.74, 6) is 0. The lowest BCUT2D eigenvalue weighted by molar-refractivity contribution is -0.0783. The van der Waals surface area contributed by atoms with E-state index in [-0.39, 0.29) is 6.61 Å². The van der Waals surface area contributed by atoms with Crippen molar-refractivity contribution in [2.24, 2.45) is 0 Å². The van der Waals surface area contributed by atoms with Gasteiger partial charge >= 0.3 is 6.09 Å². The van der Waals surface area contributed by atoms with Gasteiger partial charge in [0.05, 0.1) is 25.4 Å². The molecule has 1 aliphatic rings. The highest BCUT2D eigenvalue weighted by Gasteiger charge is 2.37. The lowest BCUT2D eigenvalue weighted by Crippen LogP contribution is -2.63. The zero-order valence-electron chi connectivity index (χ0n) is 11.7. The number of aliphatic hydroxyl groups excluding tert-OH is 1. The van der Waals surface area contributed by atoms with E-state index in [0.29, 0.717) is 19.8 Å². The number of rotatable bonds is 3. The maximum atomic E-state index is 11.6. The van der Waals surface area contributed by atoms with Crippen LogP contribution in [0, 0.1) is 0 Å². The highest BCUT2D eigenvalue weighted by molar-refractivity contribution is 5.67. The van der Waals surface area contributed by atoms with Crippen LogP contribution in [0.25, 0.3) is 0 Å². The normalized spacial score (nSPS) is 25.8. The van der Waals surface area contributed by atoms with Crippen LogP contribution in [0.15, 0.2) is 0 Å². The number of alkyl carbamates (subject to hydrolysis) is 1. The fourth-order valence-electron chi connectivity index (χ4n) is 1.77. The third-order valence-electron chi connectivity index (χ3n) is 3.01. The summed E-state index contributed by atoms with van der Waals surface area (Å²) in [5.41, 5.74) is -1.08. The Balaban J connectivity index is 2.51. The fourth-order valence-corrected chi connectivity index (χ4v) is 1.77. The molecule has 1 unspecified atom stereocenters. The molecule has 0 saturated carbocycles. The predicted molar refractivity (Wildman–Crippen MR) is 67.5 cm³/mol. The molecular formula is C12H24N2O4. The number of amides is 1. The first-order valence-corrected chi connectivity index (χ1v) is 6.16. The van der Waals surface area contributed by atoms with Gasteiger partial charge in [0.15, 0.2) is 0 Å². The lowest BCUT2D eigenvalue weighted by atomic mass is 9.98. The van der Waals surface area contributed by atoms with Gasteiger partial charge in [0, 0.05) is 13.1 Å². The molecule has 1 heterocycles. The second-order valence-electron chi connectivity index (χ2n) is 5.71. The Bertz CT molecular complexity index is 290. The van der Waals surface area contributed by atoms with Gasteiger partial charge in [-0.15, -0.1) is 0 Å². The van der Waals surface area contributed by atoms with Gasteiger partial charge in [-0.1, -0.05) is 0 Å². The van der Waals surface area contributed by atoms with Crippen LogP contribution in [0.4, 0.5) is 4.79 Å². The topological polar surface area (TPSA) is 71.0 Å². The number of morpholine rings is 1. The van der Waals surface area contributed by atoms with Crippen LogP contribution in [0.3, 0.4) is 0 Å². The zero-order valence-corrected chi connectivity index (χ0v) is 11.7. The molecule has 1 aliphatic heterocycles. The molecule has 18 heavy (non-hydrogen) atoms. The lowest BCUT2D eigenvalue weighted by Gasteiger charge is -2.43. The van der Waals surface area contributed by atoms with E-state index in [1.165, 1.54) is 0 Å². The van der Waals surface area contributed by atoms with Crippen molar-refractivity contribution in [3.8, 4) is 0 Å². The molecule has 6 nitrogen and oxygen atoms in total. The third-order valence-corrected chi connectivity index (χ3v) is 3.01. The minimum absolute atomic E-state index is 0.0701. The molecule has 106 valence electrons. The van der Waals surface area contributed by atoms with Crippen LogP contribution in [0.2, 0.25) is 0 Å². The molecular weight excluding hydrogens is 236 g/mol. The van der Waals surface area contributed by atoms with Crippen molar-refractivity contribution >= 4 is 6.09 Å². The maximum Gasteiger partial charge on any atom is 0.407 e. The summed E-state index contributed by atoms with van der Waals surface area (Å²) < 4.78 is 10.5. The van der Waals surface area contributed by atoms with Crippen LogP contribution < -0.4 is 5.32 Å². The Morgan fingerprint density at radius 2 is 2.22 bits per heavy atom. The summed E-state index contributed by atoms with van der Waals surface area (Å²) in [6, 6.07) is 0. The van der Waals surface area contributed by atoms with Crippen molar-refractivity contribution in [1.29, 1.82) is 0 Å². The summed E-state index contributed by atoms with van der Waals surface area (Å²) in [4.78, 5) is 13.6. The van der Waals surface area contributed by atoms with Crippen molar-refractivity contribution in [1.82, 2.24) is 10.2 Å². The quantitative estimate of drug-likeness (QED) is 0.759. The van der Waals surface area contributed by atoms with E-state index in [2.05, 4.69) is 5.32 Å². The molecule has 0 aliphatic carbocycles. The Kier molecular flexibility index (Phi) is 4.95. The molecule has 1 amide bonds. The van der Waals surface area contributed by atoms with Gasteiger partial charge in [0.2, 0.25) is 0 Å². The van der Waals surface area contributed by atoms with Gasteiger partial charge in [-0.05, 0) is 27.8 Å². The number of likely N-dealkylation sites (N-methyl/N-ethyl adjacent to an activating group) is 1. The number of hydrogen-bond acceptors (Lipinski definition) is 5. The number of hydrogen-bond donors (Lipinski definition) is 2. The molecule has 0 aromatic rings. The van der Waals surface area contributed by atoms with E-state index in [1.54, 1.807) is 0 Å². The molecule has 0 radical (unpaired) electrons. The summed E-state index contributed by atoms with van der Waals surface area (Å²) >= 11 is 0. The van der Waals surface area contributed by atoms with E-state index in [4.69, 9.17) is 9.47 Å². The molecule has 0 aromatic carbocycles. The predicted octanol–water partition coefficient (Wildman–Crippen LogP) is 0.204. The van der Waals surface area contributed by atoms with E-state index in [9.17, 15) is 9.90 Å². The van der Waals surface area contributed by atoms with Gasteiger partial charge in [-0.25, -0.2) is 4.79 Å². The smallest absolute Gasteiger partial charge is 0.407 e. The zero-order chi connectivity index (χ0) is 13.8. The first-order valence-electron chi connectivity index (χ1n) is 6.16. The highest BCUT2D eigenvalue weighted by atomic mass is 16.6. The van der Waals surface area contributed by atoms with Gasteiger partial charge in [0.25, 0.3) is 0 Å². The largest absolute Gasteiger partial charge is 0.444 e. The second kappa shape index (κ2) is 5.86. The van der Waals surface area contributed by atoms with Crippen molar-refractivity contribution < 1.29 is 19.4 Å². The summed E-state index contributed by atoms with van der Waals surface area (Å²) in [5, 5.41) is 12.2. The van der Waals surface area contributed by atoms with Crippen LogP contribution >= 0.6 is 0 Å². The first-order chi connectivity index (χ1) is 8.29. The maximum absolute atomic E-state index is 11.6. The van der Waals surface area contributed by atoms with Crippen LogP contribution in [-0.2, 0) is 9.47 Å². The van der Waals surface area contributed by atoms with Crippen LogP contribution in [-0.4, -0.2) is 67.2 Å². The Morgan fingerprint density at radius 3 is 2.72 bits per heavy atom. The molecule has 1 rings (SSSR count). The average molecular weight is 260 g/mol. The molecule has 2 N–H and O–H groups in total. The van der Waals surface area contributed by atoms with Gasteiger partial charge in [-0.2, -0.15) is 0 Å². The fraction of sp³-hybridized carbons (Fsp3) is 0.917. The highest BCUT2D eigenvalue weighted by Crippen LogP contribution is 2.17. The van der Waals surface area contributed by atoms with E-state index >= 15 is 0 Å². The standard InChI is InChI=1S/C12H24N2O4/c1-11(2,3)18-10(16)13-7-12(8-15)9-17-6-5-14(12)4/h15H,5-9H2,1-4H3,(H,13,16). The second-order valence-corrected chi connectivity index (χ2v) is 5.71. The molecule has 1 fully saturated rings. The Morgan fingerprint density at radius 1 is 1.56 bits per heavy atom. The van der Waals surface area contributed by atoms with Crippen molar-refractivity contribution in [3.05, 3.63) is 0 Å². The number of nitrogens with zero attached hydrogens (tertiary/aromatic N) is 1. The van der Waals surface area contributed by atoms with E-state index in [1.807, 2.05) is 32.7 Å². The number of carbonyl (C=O) groups is 1.